The third-order valence-electron chi connectivity index (χ3n) is 5.99. The van der Waals surface area contributed by atoms with Gasteiger partial charge in [-0.05, 0) is 32.1 Å². The third-order valence-corrected chi connectivity index (χ3v) is 5.99. The van der Waals surface area contributed by atoms with Crippen molar-refractivity contribution in [1.82, 2.24) is 9.55 Å². The van der Waals surface area contributed by atoms with Crippen LogP contribution in [0.3, 0.4) is 0 Å². The lowest BCUT2D eigenvalue weighted by atomic mass is 10.0. The molecule has 2 aliphatic rings. The van der Waals surface area contributed by atoms with Crippen molar-refractivity contribution in [2.75, 3.05) is 25.1 Å². The average Bonchev–Trinajstić information content (AvgIpc) is 3.49. The molecule has 2 fully saturated rings. The molecule has 1 saturated heterocycles. The Hall–Kier alpha value is -2.41. The fraction of sp³-hybridized carbons (Fsp3) is 0.714. The molecule has 1 aliphatic carbocycles. The summed E-state index contributed by atoms with van der Waals surface area (Å²) in [6, 6.07) is 3.48. The number of alkyl halides is 3. The van der Waals surface area contributed by atoms with Gasteiger partial charge in [0.25, 0.3) is 5.56 Å². The Morgan fingerprint density at radius 2 is 2.03 bits per heavy atom. The number of nitrogens with zero attached hydrogens (tertiary/aromatic N) is 4. The summed E-state index contributed by atoms with van der Waals surface area (Å²) in [5, 5.41) is 9.19. The van der Waals surface area contributed by atoms with Crippen LogP contribution in [-0.2, 0) is 22.5 Å². The second-order valence-electron chi connectivity index (χ2n) is 8.45. The number of carbonyl (C=O) groups excluding carboxylic acids is 1. The minimum atomic E-state index is -4.30. The summed E-state index contributed by atoms with van der Waals surface area (Å²) >= 11 is 0. The first kappa shape index (κ1) is 23.3. The lowest BCUT2D eigenvalue weighted by Crippen LogP contribution is -2.39. The summed E-state index contributed by atoms with van der Waals surface area (Å²) in [6.07, 6.45) is -2.56. The number of anilines is 1. The molecule has 0 bridgehead atoms. The minimum absolute atomic E-state index is 0.0458. The highest BCUT2D eigenvalue weighted by molar-refractivity contribution is 5.80. The van der Waals surface area contributed by atoms with E-state index in [1.54, 1.807) is 7.11 Å². The Kier molecular flexibility index (Phi) is 7.04. The molecule has 31 heavy (non-hydrogen) atoms. The number of halogens is 3. The molecule has 1 aliphatic heterocycles. The van der Waals surface area contributed by atoms with E-state index in [1.165, 1.54) is 6.07 Å². The molecule has 0 N–H and O–H groups in total. The van der Waals surface area contributed by atoms with Crippen molar-refractivity contribution in [2.45, 2.75) is 70.2 Å². The largest absolute Gasteiger partial charge is 0.389 e. The Balaban J connectivity index is 1.79. The molecule has 3 rings (SSSR count). The number of nitriles is 1. The molecule has 0 spiro atoms. The summed E-state index contributed by atoms with van der Waals surface area (Å²) < 4.78 is 44.4. The smallest absolute Gasteiger partial charge is 0.381 e. The maximum Gasteiger partial charge on any atom is 0.389 e. The minimum Gasteiger partial charge on any atom is -0.381 e. The second kappa shape index (κ2) is 9.39. The molecule has 1 saturated carbocycles. The molecule has 1 aromatic heterocycles. The first-order valence-corrected chi connectivity index (χ1v) is 10.5. The van der Waals surface area contributed by atoms with Gasteiger partial charge >= 0.3 is 6.18 Å². The first-order valence-electron chi connectivity index (χ1n) is 10.5. The number of hydrogen-bond donors (Lipinski definition) is 0. The van der Waals surface area contributed by atoms with Crippen LogP contribution in [0.25, 0.3) is 0 Å². The SMILES string of the molecule is COC1CCN(c2cc(=O)n(CC(=O)CC3(C#N)CC3)c(CCCC(F)(F)F)n2)CC1. The maximum absolute atomic E-state index is 12.8. The average molecular weight is 440 g/mol. The normalized spacial score (nSPS) is 18.6. The molecular formula is C21H27F3N4O3. The van der Waals surface area contributed by atoms with Gasteiger partial charge in [0.1, 0.15) is 11.6 Å². The van der Waals surface area contributed by atoms with E-state index in [0.717, 1.165) is 17.4 Å². The van der Waals surface area contributed by atoms with Crippen molar-refractivity contribution in [2.24, 2.45) is 5.41 Å². The summed E-state index contributed by atoms with van der Waals surface area (Å²) in [4.78, 5) is 31.7. The third kappa shape index (κ3) is 6.29. The Bertz CT molecular complexity index is 895. The molecular weight excluding hydrogens is 413 g/mol. The molecule has 0 radical (unpaired) electrons. The van der Waals surface area contributed by atoms with E-state index in [4.69, 9.17) is 4.74 Å². The zero-order valence-electron chi connectivity index (χ0n) is 17.6. The summed E-state index contributed by atoms with van der Waals surface area (Å²) in [5.74, 6) is 0.311. The Morgan fingerprint density at radius 3 is 2.58 bits per heavy atom. The van der Waals surface area contributed by atoms with E-state index >= 15 is 0 Å². The molecule has 0 unspecified atom stereocenters. The topological polar surface area (TPSA) is 88.2 Å². The number of hydrogen-bond acceptors (Lipinski definition) is 6. The quantitative estimate of drug-likeness (QED) is 0.587. The molecule has 1 aromatic rings. The number of ether oxygens (including phenoxy) is 1. The number of methoxy groups -OCH3 is 1. The van der Waals surface area contributed by atoms with E-state index in [0.29, 0.717) is 31.7 Å². The van der Waals surface area contributed by atoms with E-state index in [9.17, 15) is 28.0 Å². The van der Waals surface area contributed by atoms with Crippen LogP contribution in [0.4, 0.5) is 19.0 Å². The number of piperidine rings is 1. The van der Waals surface area contributed by atoms with Crippen LogP contribution in [0.5, 0.6) is 0 Å². The Labute approximate surface area is 178 Å². The highest BCUT2D eigenvalue weighted by Gasteiger charge is 2.44. The van der Waals surface area contributed by atoms with Crippen molar-refractivity contribution in [3.63, 3.8) is 0 Å². The van der Waals surface area contributed by atoms with Gasteiger partial charge in [0.2, 0.25) is 0 Å². The van der Waals surface area contributed by atoms with Gasteiger partial charge in [-0.25, -0.2) is 4.98 Å². The van der Waals surface area contributed by atoms with Gasteiger partial charge in [-0.1, -0.05) is 0 Å². The summed E-state index contributed by atoms with van der Waals surface area (Å²) in [6.45, 7) is 0.976. The fourth-order valence-corrected chi connectivity index (χ4v) is 3.92. The highest BCUT2D eigenvalue weighted by Crippen LogP contribution is 2.48. The first-order chi connectivity index (χ1) is 14.6. The number of aromatic nitrogens is 2. The molecule has 0 aromatic carbocycles. The van der Waals surface area contributed by atoms with Gasteiger partial charge in [0.05, 0.1) is 24.1 Å². The molecule has 0 amide bonds. The summed E-state index contributed by atoms with van der Waals surface area (Å²) in [5.41, 5.74) is -1.10. The Morgan fingerprint density at radius 1 is 1.35 bits per heavy atom. The second-order valence-corrected chi connectivity index (χ2v) is 8.45. The number of Topliss-reactive ketones (excluding diaryl/α,β-unsaturated/α-hetero) is 1. The van der Waals surface area contributed by atoms with E-state index in [-0.39, 0.29) is 43.5 Å². The fourth-order valence-electron chi connectivity index (χ4n) is 3.92. The number of aryl methyl sites for hydroxylation is 1. The standard InChI is InChI=1S/C21H27F3N4O3/c1-31-16-4-9-27(10-5-16)18-11-19(30)28(13-15(29)12-20(14-25)7-8-20)17(26-18)3-2-6-21(22,23)24/h11,16H,2-10,12-13H2,1H3. The number of carbonyl (C=O) groups is 1. The highest BCUT2D eigenvalue weighted by atomic mass is 19.4. The van der Waals surface area contributed by atoms with Crippen LogP contribution >= 0.6 is 0 Å². The lowest BCUT2D eigenvalue weighted by Gasteiger charge is -2.32. The van der Waals surface area contributed by atoms with Crippen LogP contribution in [0.15, 0.2) is 10.9 Å². The molecule has 10 heteroatoms. The zero-order chi connectivity index (χ0) is 22.6. The lowest BCUT2D eigenvalue weighted by molar-refractivity contribution is -0.135. The van der Waals surface area contributed by atoms with E-state index in [1.807, 2.05) is 4.90 Å². The van der Waals surface area contributed by atoms with E-state index in [2.05, 4.69) is 11.1 Å². The van der Waals surface area contributed by atoms with Crippen LogP contribution < -0.4 is 10.5 Å². The monoisotopic (exact) mass is 440 g/mol. The van der Waals surface area contributed by atoms with Crippen LogP contribution in [-0.4, -0.2) is 47.8 Å². The van der Waals surface area contributed by atoms with Gasteiger partial charge < -0.3 is 9.64 Å². The van der Waals surface area contributed by atoms with Gasteiger partial charge in [0, 0.05) is 45.5 Å². The predicted octanol–water partition coefficient (Wildman–Crippen LogP) is 3.01. The maximum atomic E-state index is 12.8. The molecule has 7 nitrogen and oxygen atoms in total. The van der Waals surface area contributed by atoms with Gasteiger partial charge in [0.15, 0.2) is 5.78 Å². The van der Waals surface area contributed by atoms with Crippen LogP contribution in [0, 0.1) is 16.7 Å². The zero-order valence-corrected chi connectivity index (χ0v) is 17.6. The summed E-state index contributed by atoms with van der Waals surface area (Å²) in [7, 11) is 1.65. The van der Waals surface area contributed by atoms with Gasteiger partial charge in [-0.2, -0.15) is 18.4 Å². The van der Waals surface area contributed by atoms with Crippen LogP contribution in [0.1, 0.15) is 50.8 Å². The van der Waals surface area contributed by atoms with Crippen molar-refractivity contribution in [1.29, 1.82) is 5.26 Å². The molecule has 0 atom stereocenters. The number of ketones is 1. The van der Waals surface area contributed by atoms with E-state index < -0.39 is 23.6 Å². The van der Waals surface area contributed by atoms with Crippen LogP contribution in [0.2, 0.25) is 0 Å². The van der Waals surface area contributed by atoms with Crippen molar-refractivity contribution < 1.29 is 22.7 Å². The predicted molar refractivity (Wildman–Crippen MR) is 107 cm³/mol. The van der Waals surface area contributed by atoms with Gasteiger partial charge in [-0.15, -0.1) is 0 Å². The van der Waals surface area contributed by atoms with Gasteiger partial charge in [-0.3, -0.25) is 14.2 Å². The van der Waals surface area contributed by atoms with Crippen molar-refractivity contribution in [3.8, 4) is 6.07 Å². The van der Waals surface area contributed by atoms with Crippen molar-refractivity contribution in [3.05, 3.63) is 22.2 Å². The number of rotatable bonds is 9. The molecule has 170 valence electrons. The van der Waals surface area contributed by atoms with Crippen molar-refractivity contribution >= 4 is 11.6 Å². The molecule has 2 heterocycles.